The van der Waals surface area contributed by atoms with Crippen molar-refractivity contribution < 1.29 is 18.7 Å². The number of carbonyl (C=O) groups is 2. The van der Waals surface area contributed by atoms with Crippen molar-refractivity contribution in [3.63, 3.8) is 0 Å². The topological polar surface area (TPSA) is 96.5 Å². The van der Waals surface area contributed by atoms with Crippen LogP contribution in [0, 0.1) is 5.92 Å². The number of aryl methyl sites for hydroxylation is 1. The fraction of sp³-hybridized carbons (Fsp3) is 0.714. The summed E-state index contributed by atoms with van der Waals surface area (Å²) in [5.74, 6) is -0.395. The molecule has 3 aliphatic heterocycles. The van der Waals surface area contributed by atoms with E-state index in [0.717, 1.165) is 57.2 Å². The van der Waals surface area contributed by atoms with E-state index in [1.807, 2.05) is 6.20 Å². The second-order valence-corrected chi connectivity index (χ2v) is 12.6. The van der Waals surface area contributed by atoms with Crippen LogP contribution in [0.25, 0.3) is 0 Å². The number of thioether (sulfide) groups is 1. The molecule has 206 valence electrons. The van der Waals surface area contributed by atoms with Gasteiger partial charge < -0.3 is 20.3 Å². The first-order valence-electron chi connectivity index (χ1n) is 14.3. The van der Waals surface area contributed by atoms with Crippen LogP contribution in [0.1, 0.15) is 57.1 Å². The number of nitrogens with zero attached hydrogens (tertiary/aromatic N) is 3. The minimum Gasteiger partial charge on any atom is -0.369 e. The molecule has 1 aromatic heterocycles. The zero-order chi connectivity index (χ0) is 26.1. The number of hydrogen-bond acceptors (Lipinski definition) is 8. The Bertz CT molecular complexity index is 1040. The smallest absolute Gasteiger partial charge is 0.256 e. The monoisotopic (exact) mass is 543 g/mol. The third kappa shape index (κ3) is 5.23. The van der Waals surface area contributed by atoms with Crippen molar-refractivity contribution in [2.45, 2.75) is 99.5 Å². The summed E-state index contributed by atoms with van der Waals surface area (Å²) in [6, 6.07) is 0.335. The van der Waals surface area contributed by atoms with E-state index in [9.17, 15) is 9.59 Å². The highest BCUT2D eigenvalue weighted by Gasteiger charge is 2.58. The molecular formula is C28H38FN5O3S. The van der Waals surface area contributed by atoms with Crippen molar-refractivity contribution in [2.75, 3.05) is 18.8 Å². The summed E-state index contributed by atoms with van der Waals surface area (Å²) < 4.78 is 22.5. The number of amides is 1. The Labute approximate surface area is 227 Å². The highest BCUT2D eigenvalue weighted by molar-refractivity contribution is 8.00. The Morgan fingerprint density at radius 2 is 2.13 bits per heavy atom. The number of morpholine rings is 1. The Kier molecular flexibility index (Phi) is 8.00. The molecule has 1 aromatic rings. The number of ketones is 1. The number of rotatable bonds is 8. The van der Waals surface area contributed by atoms with Crippen LogP contribution in [-0.4, -0.2) is 87.2 Å². The molecule has 10 heteroatoms. The van der Waals surface area contributed by atoms with Gasteiger partial charge in [-0.1, -0.05) is 12.8 Å². The van der Waals surface area contributed by atoms with Crippen LogP contribution in [0.2, 0.25) is 0 Å². The van der Waals surface area contributed by atoms with Gasteiger partial charge in [0, 0.05) is 49.7 Å². The molecule has 1 amide bonds. The van der Waals surface area contributed by atoms with E-state index >= 15 is 4.39 Å². The molecule has 38 heavy (non-hydrogen) atoms. The van der Waals surface area contributed by atoms with Crippen LogP contribution in [0.3, 0.4) is 0 Å². The minimum atomic E-state index is -1.17. The largest absolute Gasteiger partial charge is 0.369 e. The summed E-state index contributed by atoms with van der Waals surface area (Å²) in [4.78, 5) is 37.6. The zero-order valence-electron chi connectivity index (χ0n) is 21.8. The van der Waals surface area contributed by atoms with Crippen molar-refractivity contribution in [2.24, 2.45) is 5.92 Å². The summed E-state index contributed by atoms with van der Waals surface area (Å²) >= 11 is 1.58. The summed E-state index contributed by atoms with van der Waals surface area (Å²) in [6.45, 7) is 1.55. The Morgan fingerprint density at radius 3 is 2.95 bits per heavy atom. The van der Waals surface area contributed by atoms with Crippen LogP contribution < -0.4 is 10.6 Å². The van der Waals surface area contributed by atoms with E-state index < -0.39 is 12.1 Å². The predicted molar refractivity (Wildman–Crippen MR) is 143 cm³/mol. The van der Waals surface area contributed by atoms with Crippen molar-refractivity contribution in [1.29, 1.82) is 0 Å². The molecule has 8 atom stereocenters. The molecule has 4 fully saturated rings. The van der Waals surface area contributed by atoms with Gasteiger partial charge in [0.25, 0.3) is 5.91 Å². The van der Waals surface area contributed by atoms with Crippen LogP contribution in [-0.2, 0) is 20.7 Å². The van der Waals surface area contributed by atoms with E-state index in [2.05, 4.69) is 25.5 Å². The molecule has 8 nitrogen and oxygen atoms in total. The molecule has 8 unspecified atom stereocenters. The first-order chi connectivity index (χ1) is 18.6. The highest BCUT2D eigenvalue weighted by atomic mass is 32.2. The van der Waals surface area contributed by atoms with Crippen molar-refractivity contribution in [1.82, 2.24) is 25.5 Å². The van der Waals surface area contributed by atoms with E-state index in [1.54, 1.807) is 30.4 Å². The van der Waals surface area contributed by atoms with Crippen molar-refractivity contribution in [3.8, 4) is 0 Å². The summed E-state index contributed by atoms with van der Waals surface area (Å²) in [5, 5.41) is 6.07. The Hall–Kier alpha value is -2.04. The lowest BCUT2D eigenvalue weighted by Crippen LogP contribution is -2.70. The molecule has 2 aliphatic carbocycles. The first-order valence-corrected chi connectivity index (χ1v) is 15.4. The van der Waals surface area contributed by atoms with Crippen molar-refractivity contribution >= 4 is 23.5 Å². The van der Waals surface area contributed by atoms with Gasteiger partial charge in [0.2, 0.25) is 0 Å². The number of fused-ring (bicyclic) bond motifs is 2. The second kappa shape index (κ2) is 11.6. The molecule has 5 aliphatic rings. The van der Waals surface area contributed by atoms with E-state index in [4.69, 9.17) is 4.74 Å². The lowest BCUT2D eigenvalue weighted by Gasteiger charge is -2.59. The van der Waals surface area contributed by atoms with Crippen LogP contribution in [0.4, 0.5) is 4.39 Å². The lowest BCUT2D eigenvalue weighted by molar-refractivity contribution is -0.185. The normalized spacial score (nSPS) is 36.3. The number of alkyl halides is 1. The highest BCUT2D eigenvalue weighted by Crippen LogP contribution is 2.48. The molecule has 0 bridgehead atoms. The molecule has 6 rings (SSSR count). The third-order valence-corrected chi connectivity index (χ3v) is 10.4. The number of carbonyl (C=O) groups excluding carboxylic acids is 2. The number of aromatic nitrogens is 2. The minimum absolute atomic E-state index is 0.00115. The molecule has 2 saturated carbocycles. The maximum Gasteiger partial charge on any atom is 0.256 e. The standard InChI is InChI=1S/C28H38FN5O3S/c29-21-14-19-24-26(27(21)38-13-8-18-15-30-11-12-32-18)37-23-6-2-1-5-22(23)34(24)16-20(25(19)35)28(36)33-10-7-17-4-3-9-31-17/h11-12,15-17,19,21-24,26-27,31H,1-10,13-14H2,(H,33,36). The van der Waals surface area contributed by atoms with Gasteiger partial charge in [0.05, 0.1) is 40.8 Å². The van der Waals surface area contributed by atoms with Gasteiger partial charge >= 0.3 is 0 Å². The predicted octanol–water partition coefficient (Wildman–Crippen LogP) is 2.58. The fourth-order valence-corrected chi connectivity index (χ4v) is 8.46. The van der Waals surface area contributed by atoms with Gasteiger partial charge in [-0.2, -0.15) is 11.8 Å². The number of hydrogen-bond donors (Lipinski definition) is 2. The third-order valence-electron chi connectivity index (χ3n) is 8.99. The van der Waals surface area contributed by atoms with Gasteiger partial charge in [-0.05, 0) is 50.8 Å². The zero-order valence-corrected chi connectivity index (χ0v) is 22.6. The number of nitrogens with one attached hydrogen (secondary N) is 2. The molecular weight excluding hydrogens is 505 g/mol. The quantitative estimate of drug-likeness (QED) is 0.483. The molecule has 4 heterocycles. The first kappa shape index (κ1) is 26.2. The van der Waals surface area contributed by atoms with Crippen LogP contribution >= 0.6 is 11.8 Å². The van der Waals surface area contributed by atoms with E-state index in [0.29, 0.717) is 24.8 Å². The number of Topliss-reactive ketones (excluding diaryl/α,β-unsaturated/α-hetero) is 1. The number of ether oxygens (including phenoxy) is 1. The Morgan fingerprint density at radius 1 is 1.24 bits per heavy atom. The van der Waals surface area contributed by atoms with Gasteiger partial charge in [0.15, 0.2) is 5.78 Å². The van der Waals surface area contributed by atoms with Gasteiger partial charge in [-0.3, -0.25) is 19.6 Å². The van der Waals surface area contributed by atoms with Gasteiger partial charge in [-0.15, -0.1) is 0 Å². The van der Waals surface area contributed by atoms with Crippen LogP contribution in [0.5, 0.6) is 0 Å². The molecule has 2 saturated heterocycles. The molecule has 0 aromatic carbocycles. The van der Waals surface area contributed by atoms with E-state index in [-0.39, 0.29) is 53.2 Å². The molecule has 0 spiro atoms. The molecule has 0 radical (unpaired) electrons. The fourth-order valence-electron chi connectivity index (χ4n) is 7.12. The average molecular weight is 544 g/mol. The lowest BCUT2D eigenvalue weighted by atomic mass is 9.71. The Balaban J connectivity index is 1.20. The molecule has 2 N–H and O–H groups in total. The number of halogens is 1. The second-order valence-electron chi connectivity index (χ2n) is 11.3. The van der Waals surface area contributed by atoms with Crippen molar-refractivity contribution in [3.05, 3.63) is 36.1 Å². The van der Waals surface area contributed by atoms with Gasteiger partial charge in [-0.25, -0.2) is 4.39 Å². The maximum absolute atomic E-state index is 15.8. The average Bonchev–Trinajstić information content (AvgIpc) is 3.45. The van der Waals surface area contributed by atoms with E-state index in [1.165, 1.54) is 0 Å². The SMILES string of the molecule is O=C(NCCC1CCCN1)C1=CN2C3CCCCC3OC3C(SCCc4cnccn4)C(F)CC(C1=O)C32. The maximum atomic E-state index is 15.8. The summed E-state index contributed by atoms with van der Waals surface area (Å²) in [6.07, 6.45) is 13.4. The summed E-state index contributed by atoms with van der Waals surface area (Å²) in [7, 11) is 0. The van der Waals surface area contributed by atoms with Gasteiger partial charge in [0.1, 0.15) is 6.17 Å². The summed E-state index contributed by atoms with van der Waals surface area (Å²) in [5.41, 5.74) is 1.08. The van der Waals surface area contributed by atoms with Crippen LogP contribution in [0.15, 0.2) is 30.4 Å².